The molecule has 0 saturated carbocycles. The maximum atomic E-state index is 11.8. The minimum atomic E-state index is -0.658. The standard InChI is InChI=1S/C12H9Cl2N3O3/c13-8-2-1-6(3-9(8)14)15-10(18)4-7-5-11(19)17-12(20)16-7/h1-3,5H,4H2,(H,15,18)(H2,16,17,19,20). The topological polar surface area (TPSA) is 94.8 Å². The number of anilines is 1. The Bertz CT molecular complexity index is 739. The van der Waals surface area contributed by atoms with E-state index in [-0.39, 0.29) is 12.1 Å². The summed E-state index contributed by atoms with van der Waals surface area (Å²) in [6, 6.07) is 5.79. The molecule has 6 nitrogen and oxygen atoms in total. The van der Waals surface area contributed by atoms with Crippen molar-refractivity contribution in [3.05, 3.63) is 60.8 Å². The van der Waals surface area contributed by atoms with Crippen LogP contribution in [0.25, 0.3) is 0 Å². The van der Waals surface area contributed by atoms with Crippen LogP contribution in [-0.4, -0.2) is 15.9 Å². The van der Waals surface area contributed by atoms with Gasteiger partial charge in [0.25, 0.3) is 5.56 Å². The summed E-state index contributed by atoms with van der Waals surface area (Å²) in [5.41, 5.74) is -0.533. The van der Waals surface area contributed by atoms with Gasteiger partial charge in [0.1, 0.15) is 0 Å². The number of H-pyrrole nitrogens is 2. The number of carbonyl (C=O) groups excluding carboxylic acids is 1. The molecule has 8 heteroatoms. The summed E-state index contributed by atoms with van der Waals surface area (Å²) in [6.07, 6.45) is -0.139. The van der Waals surface area contributed by atoms with E-state index in [1.807, 2.05) is 4.98 Å². The summed E-state index contributed by atoms with van der Waals surface area (Å²) in [5.74, 6) is -0.398. The minimum Gasteiger partial charge on any atom is -0.326 e. The molecule has 3 N–H and O–H groups in total. The van der Waals surface area contributed by atoms with E-state index in [9.17, 15) is 14.4 Å². The Labute approximate surface area is 122 Å². The van der Waals surface area contributed by atoms with Gasteiger partial charge in [-0.3, -0.25) is 14.6 Å². The predicted octanol–water partition coefficient (Wildman–Crippen LogP) is 1.55. The quantitative estimate of drug-likeness (QED) is 0.802. The number of carbonyl (C=O) groups is 1. The number of nitrogens with one attached hydrogen (secondary N) is 3. The Kier molecular flexibility index (Phi) is 4.26. The molecule has 0 radical (unpaired) electrons. The van der Waals surface area contributed by atoms with Gasteiger partial charge < -0.3 is 10.3 Å². The molecule has 0 aliphatic carbocycles. The number of aromatic nitrogens is 2. The zero-order valence-corrected chi connectivity index (χ0v) is 11.5. The molecule has 0 bridgehead atoms. The van der Waals surface area contributed by atoms with Gasteiger partial charge in [0.05, 0.1) is 16.5 Å². The molecular formula is C12H9Cl2N3O3. The van der Waals surface area contributed by atoms with Gasteiger partial charge in [-0.1, -0.05) is 23.2 Å². The Morgan fingerprint density at radius 2 is 1.85 bits per heavy atom. The van der Waals surface area contributed by atoms with Gasteiger partial charge in [0.15, 0.2) is 0 Å². The van der Waals surface area contributed by atoms with Gasteiger partial charge in [-0.05, 0) is 18.2 Å². The lowest BCUT2D eigenvalue weighted by molar-refractivity contribution is -0.115. The van der Waals surface area contributed by atoms with Crippen molar-refractivity contribution in [2.75, 3.05) is 5.32 Å². The summed E-state index contributed by atoms with van der Waals surface area (Å²) in [7, 11) is 0. The van der Waals surface area contributed by atoms with Crippen LogP contribution in [0.2, 0.25) is 10.0 Å². The van der Waals surface area contributed by atoms with Crippen molar-refractivity contribution in [3.63, 3.8) is 0 Å². The van der Waals surface area contributed by atoms with Crippen LogP contribution in [0.15, 0.2) is 33.9 Å². The van der Waals surface area contributed by atoms with Crippen molar-refractivity contribution in [2.45, 2.75) is 6.42 Å². The number of aromatic amines is 2. The monoisotopic (exact) mass is 313 g/mol. The van der Waals surface area contributed by atoms with Crippen molar-refractivity contribution in [1.29, 1.82) is 0 Å². The van der Waals surface area contributed by atoms with E-state index in [4.69, 9.17) is 23.2 Å². The molecular weight excluding hydrogens is 305 g/mol. The Balaban J connectivity index is 2.10. The van der Waals surface area contributed by atoms with E-state index in [0.29, 0.717) is 15.7 Å². The maximum Gasteiger partial charge on any atom is 0.325 e. The fraction of sp³-hybridized carbons (Fsp3) is 0.0833. The highest BCUT2D eigenvalue weighted by molar-refractivity contribution is 6.42. The lowest BCUT2D eigenvalue weighted by Gasteiger charge is -2.06. The van der Waals surface area contributed by atoms with E-state index >= 15 is 0 Å². The van der Waals surface area contributed by atoms with Gasteiger partial charge in [0.2, 0.25) is 5.91 Å². The van der Waals surface area contributed by atoms with Crippen LogP contribution in [0.4, 0.5) is 5.69 Å². The third kappa shape index (κ3) is 3.72. The third-order valence-corrected chi connectivity index (χ3v) is 3.11. The number of rotatable bonds is 3. The summed E-state index contributed by atoms with van der Waals surface area (Å²) in [4.78, 5) is 38.3. The maximum absolute atomic E-state index is 11.8. The van der Waals surface area contributed by atoms with Gasteiger partial charge in [0, 0.05) is 17.4 Å². The molecule has 0 spiro atoms. The van der Waals surface area contributed by atoms with E-state index in [1.165, 1.54) is 6.07 Å². The van der Waals surface area contributed by atoms with Crippen molar-refractivity contribution in [1.82, 2.24) is 9.97 Å². The van der Waals surface area contributed by atoms with Crippen LogP contribution in [-0.2, 0) is 11.2 Å². The minimum absolute atomic E-state index is 0.139. The Hall–Kier alpha value is -2.05. The fourth-order valence-electron chi connectivity index (χ4n) is 1.57. The fourth-order valence-corrected chi connectivity index (χ4v) is 1.86. The highest BCUT2D eigenvalue weighted by Gasteiger charge is 2.07. The molecule has 0 unspecified atom stereocenters. The van der Waals surface area contributed by atoms with Gasteiger partial charge >= 0.3 is 5.69 Å². The summed E-state index contributed by atoms with van der Waals surface area (Å²) >= 11 is 11.6. The second-order valence-corrected chi connectivity index (χ2v) is 4.78. The SMILES string of the molecule is O=C(Cc1cc(=O)[nH]c(=O)[nH]1)Nc1ccc(Cl)c(Cl)c1. The van der Waals surface area contributed by atoms with Crippen molar-refractivity contribution >= 4 is 34.8 Å². The van der Waals surface area contributed by atoms with Gasteiger partial charge in [-0.25, -0.2) is 4.79 Å². The first-order valence-electron chi connectivity index (χ1n) is 5.51. The normalized spacial score (nSPS) is 10.3. The van der Waals surface area contributed by atoms with E-state index in [1.54, 1.807) is 12.1 Å². The number of amides is 1. The Morgan fingerprint density at radius 3 is 2.50 bits per heavy atom. The second-order valence-electron chi connectivity index (χ2n) is 3.97. The van der Waals surface area contributed by atoms with Crippen molar-refractivity contribution < 1.29 is 4.79 Å². The molecule has 0 fully saturated rings. The molecule has 2 rings (SSSR count). The first-order chi connectivity index (χ1) is 9.44. The number of hydrogen-bond donors (Lipinski definition) is 3. The molecule has 1 amide bonds. The average Bonchev–Trinajstić information content (AvgIpc) is 2.32. The smallest absolute Gasteiger partial charge is 0.325 e. The first-order valence-corrected chi connectivity index (χ1v) is 6.27. The number of benzene rings is 1. The molecule has 2 aromatic rings. The average molecular weight is 314 g/mol. The van der Waals surface area contributed by atoms with Crippen molar-refractivity contribution in [2.24, 2.45) is 0 Å². The predicted molar refractivity (Wildman–Crippen MR) is 76.5 cm³/mol. The highest BCUT2D eigenvalue weighted by atomic mass is 35.5. The Morgan fingerprint density at radius 1 is 1.10 bits per heavy atom. The molecule has 0 atom stereocenters. The molecule has 104 valence electrons. The lowest BCUT2D eigenvalue weighted by atomic mass is 10.2. The third-order valence-electron chi connectivity index (χ3n) is 2.37. The first kappa shape index (κ1) is 14.4. The summed E-state index contributed by atoms with van der Waals surface area (Å²) < 4.78 is 0. The van der Waals surface area contributed by atoms with E-state index < -0.39 is 17.2 Å². The second kappa shape index (κ2) is 5.94. The molecule has 0 saturated heterocycles. The summed E-state index contributed by atoms with van der Waals surface area (Å²) in [5, 5.41) is 3.27. The number of halogens is 2. The van der Waals surface area contributed by atoms with Crippen LogP contribution in [0, 0.1) is 0 Å². The zero-order valence-electron chi connectivity index (χ0n) is 10.00. The highest BCUT2D eigenvalue weighted by Crippen LogP contribution is 2.24. The van der Waals surface area contributed by atoms with Crippen LogP contribution in [0.5, 0.6) is 0 Å². The van der Waals surface area contributed by atoms with Crippen LogP contribution < -0.4 is 16.6 Å². The lowest BCUT2D eigenvalue weighted by Crippen LogP contribution is -2.25. The van der Waals surface area contributed by atoms with E-state index in [0.717, 1.165) is 6.07 Å². The molecule has 1 aromatic carbocycles. The van der Waals surface area contributed by atoms with Crippen LogP contribution in [0.3, 0.4) is 0 Å². The summed E-state index contributed by atoms with van der Waals surface area (Å²) in [6.45, 7) is 0. The van der Waals surface area contributed by atoms with Crippen molar-refractivity contribution in [3.8, 4) is 0 Å². The number of hydrogen-bond acceptors (Lipinski definition) is 3. The molecule has 1 heterocycles. The molecule has 0 aliphatic rings. The molecule has 1 aromatic heterocycles. The largest absolute Gasteiger partial charge is 0.326 e. The molecule has 20 heavy (non-hydrogen) atoms. The van der Waals surface area contributed by atoms with Gasteiger partial charge in [-0.2, -0.15) is 0 Å². The molecule has 0 aliphatic heterocycles. The van der Waals surface area contributed by atoms with E-state index in [2.05, 4.69) is 10.3 Å². The van der Waals surface area contributed by atoms with Gasteiger partial charge in [-0.15, -0.1) is 0 Å². The zero-order chi connectivity index (χ0) is 14.7. The van der Waals surface area contributed by atoms with Crippen LogP contribution in [0.1, 0.15) is 5.69 Å². The van der Waals surface area contributed by atoms with Crippen LogP contribution >= 0.6 is 23.2 Å².